The first-order valence-electron chi connectivity index (χ1n) is 11.7. The van der Waals surface area contributed by atoms with Crippen LogP contribution in [-0.2, 0) is 11.2 Å². The molecule has 0 aliphatic carbocycles. The van der Waals surface area contributed by atoms with Gasteiger partial charge in [-0.15, -0.1) is 0 Å². The van der Waals surface area contributed by atoms with Crippen molar-refractivity contribution in [1.29, 1.82) is 0 Å². The number of amides is 2. The normalized spacial score (nSPS) is 11.8. The maximum atomic E-state index is 13.1. The molecule has 0 unspecified atom stereocenters. The van der Waals surface area contributed by atoms with Gasteiger partial charge in [-0.2, -0.15) is 0 Å². The van der Waals surface area contributed by atoms with Crippen molar-refractivity contribution < 1.29 is 24.6 Å². The molecule has 1 atom stereocenters. The molecule has 9 heteroatoms. The number of aromatic carboxylic acids is 1. The number of halogens is 1. The summed E-state index contributed by atoms with van der Waals surface area (Å²) >= 11 is 5.93. The molecule has 192 valence electrons. The van der Waals surface area contributed by atoms with Gasteiger partial charge in [0, 0.05) is 23.9 Å². The van der Waals surface area contributed by atoms with Gasteiger partial charge in [0.2, 0.25) is 5.91 Å². The molecule has 0 bridgehead atoms. The monoisotopic (exact) mass is 529 g/mol. The summed E-state index contributed by atoms with van der Waals surface area (Å²) in [7, 11) is 1.45. The minimum Gasteiger partial charge on any atom is -0.508 e. The number of carboxylic acids is 1. The van der Waals surface area contributed by atoms with Gasteiger partial charge in [0.1, 0.15) is 17.5 Å². The Labute approximate surface area is 223 Å². The van der Waals surface area contributed by atoms with Gasteiger partial charge in [0.25, 0.3) is 5.91 Å². The zero-order valence-corrected chi connectivity index (χ0v) is 21.1. The van der Waals surface area contributed by atoms with E-state index in [1.807, 2.05) is 24.3 Å². The van der Waals surface area contributed by atoms with Gasteiger partial charge in [-0.25, -0.2) is 9.78 Å². The van der Waals surface area contributed by atoms with Crippen LogP contribution in [0.15, 0.2) is 72.8 Å². The van der Waals surface area contributed by atoms with Crippen LogP contribution in [0.4, 0.5) is 0 Å². The van der Waals surface area contributed by atoms with E-state index in [0.29, 0.717) is 21.5 Å². The first-order chi connectivity index (χ1) is 18.2. The number of aromatic nitrogens is 1. The van der Waals surface area contributed by atoms with Crippen molar-refractivity contribution in [2.24, 2.45) is 0 Å². The Morgan fingerprint density at radius 1 is 0.947 bits per heavy atom. The second-order valence-electron chi connectivity index (χ2n) is 8.53. The lowest BCUT2D eigenvalue weighted by Gasteiger charge is -2.18. The molecule has 4 N–H and O–H groups in total. The number of hydrogen-bond donors (Lipinski definition) is 4. The quantitative estimate of drug-likeness (QED) is 0.248. The van der Waals surface area contributed by atoms with Gasteiger partial charge in [0.15, 0.2) is 0 Å². The minimum atomic E-state index is -1.21. The molecule has 1 aromatic heterocycles. The Balaban J connectivity index is 1.62. The fourth-order valence-corrected chi connectivity index (χ4v) is 4.02. The van der Waals surface area contributed by atoms with E-state index in [-0.39, 0.29) is 23.4 Å². The molecular weight excluding hydrogens is 506 g/mol. The van der Waals surface area contributed by atoms with Crippen molar-refractivity contribution in [3.8, 4) is 5.75 Å². The summed E-state index contributed by atoms with van der Waals surface area (Å²) in [6.07, 6.45) is 3.88. The zero-order valence-electron chi connectivity index (χ0n) is 20.3. The number of rotatable bonds is 8. The Morgan fingerprint density at radius 2 is 1.61 bits per heavy atom. The van der Waals surface area contributed by atoms with Gasteiger partial charge in [-0.1, -0.05) is 54.1 Å². The molecule has 0 saturated heterocycles. The van der Waals surface area contributed by atoms with Crippen LogP contribution in [0.5, 0.6) is 5.75 Å². The summed E-state index contributed by atoms with van der Waals surface area (Å²) in [6.45, 7) is 0. The van der Waals surface area contributed by atoms with E-state index in [4.69, 9.17) is 11.6 Å². The molecule has 0 saturated carbocycles. The molecule has 3 aromatic carbocycles. The standard InChI is InChI=1S/C29H24ClN3O5/c1-31-27(35)25(15-19-6-11-21(34)12-7-19)33-28(36)26-16-23(29(37)38)22-14-18(8-13-24(22)32-26)3-2-17-4-9-20(30)10-5-17/h2-14,16,25,34H,15H2,1H3,(H,31,35)(H,33,36)(H,37,38)/b3-2+/t25-/m1/s1. The third kappa shape index (κ3) is 6.35. The van der Waals surface area contributed by atoms with E-state index >= 15 is 0 Å². The van der Waals surface area contributed by atoms with Crippen molar-refractivity contribution in [2.45, 2.75) is 12.5 Å². The second-order valence-corrected chi connectivity index (χ2v) is 8.97. The molecule has 0 aliphatic rings. The number of nitrogens with one attached hydrogen (secondary N) is 2. The molecule has 4 rings (SSSR count). The van der Waals surface area contributed by atoms with E-state index < -0.39 is 23.8 Å². The highest BCUT2D eigenvalue weighted by molar-refractivity contribution is 6.30. The zero-order chi connectivity index (χ0) is 27.2. The van der Waals surface area contributed by atoms with Gasteiger partial charge in [0.05, 0.1) is 11.1 Å². The van der Waals surface area contributed by atoms with Crippen molar-refractivity contribution in [1.82, 2.24) is 15.6 Å². The van der Waals surface area contributed by atoms with E-state index in [0.717, 1.165) is 11.1 Å². The van der Waals surface area contributed by atoms with Crippen molar-refractivity contribution in [3.05, 3.63) is 106 Å². The predicted molar refractivity (Wildman–Crippen MR) is 146 cm³/mol. The maximum Gasteiger partial charge on any atom is 0.336 e. The number of carbonyl (C=O) groups excluding carboxylic acids is 2. The lowest BCUT2D eigenvalue weighted by molar-refractivity contribution is -0.122. The van der Waals surface area contributed by atoms with Crippen LogP contribution in [0.25, 0.3) is 23.1 Å². The molecular formula is C29H24ClN3O5. The van der Waals surface area contributed by atoms with Gasteiger partial charge in [-0.05, 0) is 59.2 Å². The minimum absolute atomic E-state index is 0.0828. The average Bonchev–Trinajstić information content (AvgIpc) is 2.92. The van der Waals surface area contributed by atoms with Gasteiger partial charge < -0.3 is 20.8 Å². The first kappa shape index (κ1) is 26.4. The average molecular weight is 530 g/mol. The lowest BCUT2D eigenvalue weighted by Crippen LogP contribution is -2.47. The number of nitrogens with zero attached hydrogens (tertiary/aromatic N) is 1. The number of phenolic OH excluding ortho intramolecular Hbond substituents is 1. The molecule has 0 radical (unpaired) electrons. The number of likely N-dealkylation sites (N-methyl/N-ethyl adjacent to an activating group) is 1. The summed E-state index contributed by atoms with van der Waals surface area (Å²) < 4.78 is 0. The molecule has 2 amide bonds. The van der Waals surface area contributed by atoms with Crippen LogP contribution in [0.3, 0.4) is 0 Å². The number of phenols is 1. The summed E-state index contributed by atoms with van der Waals surface area (Å²) in [5.74, 6) is -2.24. The fourth-order valence-electron chi connectivity index (χ4n) is 3.89. The van der Waals surface area contributed by atoms with Crippen LogP contribution >= 0.6 is 11.6 Å². The summed E-state index contributed by atoms with van der Waals surface area (Å²) in [5, 5.41) is 25.5. The van der Waals surface area contributed by atoms with E-state index in [9.17, 15) is 24.6 Å². The Bertz CT molecular complexity index is 1530. The van der Waals surface area contributed by atoms with Gasteiger partial charge in [-0.3, -0.25) is 9.59 Å². The largest absolute Gasteiger partial charge is 0.508 e. The van der Waals surface area contributed by atoms with E-state index in [1.165, 1.54) is 25.2 Å². The van der Waals surface area contributed by atoms with E-state index in [1.54, 1.807) is 42.5 Å². The molecule has 38 heavy (non-hydrogen) atoms. The molecule has 0 fully saturated rings. The summed E-state index contributed by atoms with van der Waals surface area (Å²) in [4.78, 5) is 42.0. The van der Waals surface area contributed by atoms with Gasteiger partial charge >= 0.3 is 5.97 Å². The third-order valence-corrected chi connectivity index (χ3v) is 6.13. The highest BCUT2D eigenvalue weighted by Gasteiger charge is 2.23. The van der Waals surface area contributed by atoms with E-state index in [2.05, 4.69) is 15.6 Å². The SMILES string of the molecule is CNC(=O)[C@@H](Cc1ccc(O)cc1)NC(=O)c1cc(C(=O)O)c2cc(/C=C/c3ccc(Cl)cc3)ccc2n1. The highest BCUT2D eigenvalue weighted by Crippen LogP contribution is 2.22. The molecule has 1 heterocycles. The van der Waals surface area contributed by atoms with Crippen LogP contribution in [0.2, 0.25) is 5.02 Å². The topological polar surface area (TPSA) is 129 Å². The molecule has 0 spiro atoms. The lowest BCUT2D eigenvalue weighted by atomic mass is 10.0. The van der Waals surface area contributed by atoms with Crippen LogP contribution in [-0.4, -0.2) is 46.1 Å². The Morgan fingerprint density at radius 3 is 2.26 bits per heavy atom. The first-order valence-corrected chi connectivity index (χ1v) is 12.0. The number of carboxylic acid groups (broad SMARTS) is 1. The number of carbonyl (C=O) groups is 3. The van der Waals surface area contributed by atoms with Crippen molar-refractivity contribution in [3.63, 3.8) is 0 Å². The van der Waals surface area contributed by atoms with Crippen LogP contribution in [0, 0.1) is 0 Å². The highest BCUT2D eigenvalue weighted by atomic mass is 35.5. The van der Waals surface area contributed by atoms with Crippen LogP contribution in [0.1, 0.15) is 37.5 Å². The number of benzene rings is 3. The fraction of sp³-hybridized carbons (Fsp3) is 0.103. The van der Waals surface area contributed by atoms with Crippen molar-refractivity contribution >= 4 is 52.4 Å². The number of pyridine rings is 1. The summed E-state index contributed by atoms with van der Waals surface area (Å²) in [5.41, 5.74) is 2.51. The molecule has 4 aromatic rings. The maximum absolute atomic E-state index is 13.1. The summed E-state index contributed by atoms with van der Waals surface area (Å²) in [6, 6.07) is 18.9. The van der Waals surface area contributed by atoms with Crippen molar-refractivity contribution in [2.75, 3.05) is 7.05 Å². The predicted octanol–water partition coefficient (Wildman–Crippen LogP) is 4.55. The number of hydrogen-bond acceptors (Lipinski definition) is 5. The second kappa shape index (κ2) is 11.6. The molecule has 8 nitrogen and oxygen atoms in total. The Hall–Kier alpha value is -4.69. The number of fused-ring (bicyclic) bond motifs is 1. The van der Waals surface area contributed by atoms with Crippen LogP contribution < -0.4 is 10.6 Å². The number of aromatic hydroxyl groups is 1. The smallest absolute Gasteiger partial charge is 0.336 e. The Kier molecular flexibility index (Phi) is 8.03. The third-order valence-electron chi connectivity index (χ3n) is 5.88. The molecule has 0 aliphatic heterocycles.